The van der Waals surface area contributed by atoms with Gasteiger partial charge in [0, 0.05) is 13.6 Å². The molecule has 1 aliphatic rings. The molecule has 0 saturated carbocycles. The van der Waals surface area contributed by atoms with Crippen LogP contribution < -0.4 is 4.74 Å². The van der Waals surface area contributed by atoms with Crippen LogP contribution in [0.15, 0.2) is 24.3 Å². The van der Waals surface area contributed by atoms with Crippen LogP contribution in [0.4, 0.5) is 4.79 Å². The van der Waals surface area contributed by atoms with Gasteiger partial charge >= 0.3 is 6.09 Å². The molecule has 7 nitrogen and oxygen atoms in total. The van der Waals surface area contributed by atoms with Crippen molar-refractivity contribution in [1.82, 2.24) is 9.80 Å². The largest absolute Gasteiger partial charge is 0.497 e. The third kappa shape index (κ3) is 5.60. The fourth-order valence-corrected chi connectivity index (χ4v) is 3.12. The van der Waals surface area contributed by atoms with E-state index in [1.54, 1.807) is 59.2 Å². The van der Waals surface area contributed by atoms with Crippen molar-refractivity contribution in [2.24, 2.45) is 0 Å². The Kier molecular flexibility index (Phi) is 6.70. The highest BCUT2D eigenvalue weighted by Gasteiger charge is 2.38. The van der Waals surface area contributed by atoms with E-state index >= 15 is 0 Å². The van der Waals surface area contributed by atoms with Crippen LogP contribution in [0.3, 0.4) is 0 Å². The Hall–Kier alpha value is -2.28. The topological polar surface area (TPSA) is 79.3 Å². The van der Waals surface area contributed by atoms with Crippen molar-refractivity contribution in [3.05, 3.63) is 29.8 Å². The van der Waals surface area contributed by atoms with Crippen molar-refractivity contribution < 1.29 is 24.2 Å². The molecule has 7 heteroatoms. The first-order valence-electron chi connectivity index (χ1n) is 9.19. The summed E-state index contributed by atoms with van der Waals surface area (Å²) in [6, 6.07) is 6.56. The van der Waals surface area contributed by atoms with Gasteiger partial charge in [0.2, 0.25) is 5.91 Å². The standard InChI is InChI=1S/C20H30N2O5/c1-20(2,3)27-19(25)22-11-7-10-16(22)18(24)21(4)13-17(23)14-8-6-9-15(12-14)26-5/h6,8-9,12,16-17,23H,7,10-11,13H2,1-5H3. The number of benzene rings is 1. The van der Waals surface area contributed by atoms with Crippen molar-refractivity contribution in [3.63, 3.8) is 0 Å². The molecule has 0 aromatic heterocycles. The SMILES string of the molecule is COc1cccc(C(O)CN(C)C(=O)C2CCCN2C(=O)OC(C)(C)C)c1. The van der Waals surface area contributed by atoms with Crippen LogP contribution in [0.5, 0.6) is 5.75 Å². The molecule has 2 atom stereocenters. The number of amides is 2. The van der Waals surface area contributed by atoms with Gasteiger partial charge in [0.1, 0.15) is 17.4 Å². The fourth-order valence-electron chi connectivity index (χ4n) is 3.12. The van der Waals surface area contributed by atoms with Crippen LogP contribution in [-0.4, -0.2) is 65.8 Å². The number of nitrogens with zero attached hydrogens (tertiary/aromatic N) is 2. The first-order chi connectivity index (χ1) is 12.6. The summed E-state index contributed by atoms with van der Waals surface area (Å²) < 4.78 is 10.6. The molecule has 1 aliphatic heterocycles. The Morgan fingerprint density at radius 3 is 2.70 bits per heavy atom. The second kappa shape index (κ2) is 8.61. The molecule has 1 heterocycles. The van der Waals surface area contributed by atoms with Crippen molar-refractivity contribution in [2.45, 2.75) is 51.4 Å². The van der Waals surface area contributed by atoms with Crippen LogP contribution in [0.25, 0.3) is 0 Å². The van der Waals surface area contributed by atoms with Crippen molar-refractivity contribution in [2.75, 3.05) is 27.2 Å². The molecule has 1 aromatic carbocycles. The first-order valence-corrected chi connectivity index (χ1v) is 9.19. The van der Waals surface area contributed by atoms with E-state index < -0.39 is 23.8 Å². The number of rotatable bonds is 5. The van der Waals surface area contributed by atoms with Gasteiger partial charge in [-0.15, -0.1) is 0 Å². The van der Waals surface area contributed by atoms with Gasteiger partial charge in [0.25, 0.3) is 0 Å². The quantitative estimate of drug-likeness (QED) is 0.852. The third-order valence-corrected chi connectivity index (χ3v) is 4.47. The third-order valence-electron chi connectivity index (χ3n) is 4.47. The molecule has 2 amide bonds. The zero-order chi connectivity index (χ0) is 20.2. The van der Waals surface area contributed by atoms with Crippen LogP contribution in [0, 0.1) is 0 Å². The van der Waals surface area contributed by atoms with Crippen molar-refractivity contribution in [1.29, 1.82) is 0 Å². The van der Waals surface area contributed by atoms with Gasteiger partial charge in [-0.25, -0.2) is 4.79 Å². The molecule has 2 unspecified atom stereocenters. The van der Waals surface area contributed by atoms with E-state index in [1.165, 1.54) is 9.80 Å². The summed E-state index contributed by atoms with van der Waals surface area (Å²) in [4.78, 5) is 28.2. The Bertz CT molecular complexity index is 671. The molecule has 27 heavy (non-hydrogen) atoms. The number of aliphatic hydroxyl groups excluding tert-OH is 1. The van der Waals surface area contributed by atoms with Gasteiger partial charge < -0.3 is 19.5 Å². The second-order valence-corrected chi connectivity index (χ2v) is 7.84. The lowest BCUT2D eigenvalue weighted by Crippen LogP contribution is -2.48. The average Bonchev–Trinajstić information content (AvgIpc) is 3.09. The number of likely N-dealkylation sites (tertiary alicyclic amines) is 1. The van der Waals surface area contributed by atoms with Gasteiger partial charge in [-0.1, -0.05) is 12.1 Å². The van der Waals surface area contributed by atoms with Crippen molar-refractivity contribution in [3.8, 4) is 5.75 Å². The lowest BCUT2D eigenvalue weighted by atomic mass is 10.1. The van der Waals surface area contributed by atoms with Crippen LogP contribution in [-0.2, 0) is 9.53 Å². The van der Waals surface area contributed by atoms with E-state index in [2.05, 4.69) is 0 Å². The first kappa shape index (κ1) is 21.0. The zero-order valence-corrected chi connectivity index (χ0v) is 16.8. The predicted octanol–water partition coefficient (Wildman–Crippen LogP) is 2.59. The number of likely N-dealkylation sites (N-methyl/N-ethyl adjacent to an activating group) is 1. The number of hydrogen-bond donors (Lipinski definition) is 1. The van der Waals surface area contributed by atoms with E-state index in [0.717, 1.165) is 6.42 Å². The number of methoxy groups -OCH3 is 1. The predicted molar refractivity (Wildman–Crippen MR) is 102 cm³/mol. The van der Waals surface area contributed by atoms with Gasteiger partial charge in [0.05, 0.1) is 19.8 Å². The van der Waals surface area contributed by atoms with Gasteiger partial charge in [-0.05, 0) is 51.3 Å². The van der Waals surface area contributed by atoms with Gasteiger partial charge in [0.15, 0.2) is 0 Å². The summed E-state index contributed by atoms with van der Waals surface area (Å²) in [5.41, 5.74) is 0.0614. The molecular weight excluding hydrogens is 348 g/mol. The van der Waals surface area contributed by atoms with Crippen LogP contribution >= 0.6 is 0 Å². The number of hydrogen-bond acceptors (Lipinski definition) is 5. The highest BCUT2D eigenvalue weighted by atomic mass is 16.6. The molecule has 0 bridgehead atoms. The highest BCUT2D eigenvalue weighted by molar-refractivity contribution is 5.86. The van der Waals surface area contributed by atoms with Crippen LogP contribution in [0.2, 0.25) is 0 Å². The molecule has 2 rings (SSSR count). The Labute approximate surface area is 160 Å². The minimum absolute atomic E-state index is 0.130. The molecule has 0 aliphatic carbocycles. The summed E-state index contributed by atoms with van der Waals surface area (Å²) in [6.07, 6.45) is 0.0325. The average molecular weight is 378 g/mol. The van der Waals surface area contributed by atoms with Gasteiger partial charge in [-0.3, -0.25) is 9.69 Å². The number of aliphatic hydroxyl groups is 1. The summed E-state index contributed by atoms with van der Waals surface area (Å²) >= 11 is 0. The Morgan fingerprint density at radius 2 is 2.07 bits per heavy atom. The van der Waals surface area contributed by atoms with E-state index in [0.29, 0.717) is 24.3 Å². The normalized spacial score (nSPS) is 18.1. The minimum Gasteiger partial charge on any atom is -0.497 e. The number of ether oxygens (including phenoxy) is 2. The second-order valence-electron chi connectivity index (χ2n) is 7.84. The van der Waals surface area contributed by atoms with Crippen LogP contribution in [0.1, 0.15) is 45.3 Å². The molecule has 1 fully saturated rings. The lowest BCUT2D eigenvalue weighted by Gasteiger charge is -2.31. The van der Waals surface area contributed by atoms with E-state index in [-0.39, 0.29) is 12.5 Å². The molecule has 0 radical (unpaired) electrons. The van der Waals surface area contributed by atoms with E-state index in [9.17, 15) is 14.7 Å². The molecule has 150 valence electrons. The van der Waals surface area contributed by atoms with Crippen molar-refractivity contribution >= 4 is 12.0 Å². The summed E-state index contributed by atoms with van der Waals surface area (Å²) in [5.74, 6) is 0.452. The summed E-state index contributed by atoms with van der Waals surface area (Å²) in [6.45, 7) is 6.03. The fraction of sp³-hybridized carbons (Fsp3) is 0.600. The molecule has 1 saturated heterocycles. The maximum atomic E-state index is 12.9. The molecule has 0 spiro atoms. The Balaban J connectivity index is 2.01. The summed E-state index contributed by atoms with van der Waals surface area (Å²) in [7, 11) is 3.20. The number of carbonyl (C=O) groups excluding carboxylic acids is 2. The molecular formula is C20H30N2O5. The minimum atomic E-state index is -0.842. The smallest absolute Gasteiger partial charge is 0.410 e. The van der Waals surface area contributed by atoms with E-state index in [4.69, 9.17) is 9.47 Å². The summed E-state index contributed by atoms with van der Waals surface area (Å²) in [5, 5.41) is 10.5. The maximum Gasteiger partial charge on any atom is 0.410 e. The lowest BCUT2D eigenvalue weighted by molar-refractivity contribution is -0.135. The zero-order valence-electron chi connectivity index (χ0n) is 16.8. The highest BCUT2D eigenvalue weighted by Crippen LogP contribution is 2.24. The molecule has 1 aromatic rings. The Morgan fingerprint density at radius 1 is 1.37 bits per heavy atom. The monoisotopic (exact) mass is 378 g/mol. The maximum absolute atomic E-state index is 12.9. The molecule has 1 N–H and O–H groups in total. The van der Waals surface area contributed by atoms with Gasteiger partial charge in [-0.2, -0.15) is 0 Å². The van der Waals surface area contributed by atoms with E-state index in [1.807, 2.05) is 0 Å². The number of carbonyl (C=O) groups is 2.